The van der Waals surface area contributed by atoms with E-state index < -0.39 is 17.9 Å². The van der Waals surface area contributed by atoms with E-state index in [9.17, 15) is 14.0 Å². The maximum atomic E-state index is 13.3. The number of hydrogen-bond acceptors (Lipinski definition) is 4. The Bertz CT molecular complexity index is 599. The first-order valence-electron chi connectivity index (χ1n) is 7.25. The van der Waals surface area contributed by atoms with Crippen LogP contribution in [0.2, 0.25) is 5.02 Å². The fraction of sp³-hybridized carbons (Fsp3) is 0.467. The molecule has 1 aromatic carbocycles. The van der Waals surface area contributed by atoms with Gasteiger partial charge in [-0.25, -0.2) is 9.18 Å². The number of hydrogen-bond donors (Lipinski definition) is 2. The number of imide groups is 1. The third-order valence-corrected chi connectivity index (χ3v) is 4.09. The maximum absolute atomic E-state index is 13.3. The number of nitrogens with one attached hydrogen (secondary N) is 2. The number of carbonyl (C=O) groups is 2. The molecule has 23 heavy (non-hydrogen) atoms. The second-order valence-electron chi connectivity index (χ2n) is 5.27. The smallest absolute Gasteiger partial charge is 0.321 e. The summed E-state index contributed by atoms with van der Waals surface area (Å²) in [6.45, 7) is 3.16. The summed E-state index contributed by atoms with van der Waals surface area (Å²) in [4.78, 5) is 25.2. The molecule has 1 aromatic rings. The molecule has 0 unspecified atom stereocenters. The summed E-state index contributed by atoms with van der Waals surface area (Å²) < 4.78 is 18.9. The van der Waals surface area contributed by atoms with Crippen LogP contribution in [0.3, 0.4) is 0 Å². The first kappa shape index (κ1) is 17.7. The van der Waals surface area contributed by atoms with Gasteiger partial charge in [-0.05, 0) is 24.6 Å². The molecule has 0 bridgehead atoms. The fourth-order valence-corrected chi connectivity index (χ4v) is 2.57. The van der Waals surface area contributed by atoms with Crippen LogP contribution in [-0.4, -0.2) is 49.6 Å². The molecular weight excluding hydrogens is 325 g/mol. The minimum atomic E-state index is -0.544. The third-order valence-electron chi connectivity index (χ3n) is 3.80. The van der Waals surface area contributed by atoms with Crippen LogP contribution in [0.15, 0.2) is 18.2 Å². The lowest BCUT2D eigenvalue weighted by Crippen LogP contribution is -2.52. The molecule has 8 heteroatoms. The SMILES string of the molecule is CNC(=O)NC(=O)[C@@H](C)N1CCO[C@H](c2ccc(F)c(Cl)c2)C1. The van der Waals surface area contributed by atoms with Gasteiger partial charge in [0.1, 0.15) is 5.82 Å². The molecule has 126 valence electrons. The second-order valence-corrected chi connectivity index (χ2v) is 5.68. The average molecular weight is 344 g/mol. The van der Waals surface area contributed by atoms with Crippen LogP contribution in [-0.2, 0) is 9.53 Å². The van der Waals surface area contributed by atoms with E-state index in [2.05, 4.69) is 10.6 Å². The van der Waals surface area contributed by atoms with E-state index in [1.165, 1.54) is 19.2 Å². The van der Waals surface area contributed by atoms with Gasteiger partial charge in [0.15, 0.2) is 0 Å². The first-order valence-corrected chi connectivity index (χ1v) is 7.63. The lowest BCUT2D eigenvalue weighted by molar-refractivity contribution is -0.128. The Kier molecular flexibility index (Phi) is 5.92. The average Bonchev–Trinajstić information content (AvgIpc) is 2.56. The summed E-state index contributed by atoms with van der Waals surface area (Å²) in [5, 5.41) is 4.63. The number of carbonyl (C=O) groups excluding carboxylic acids is 2. The molecule has 1 heterocycles. The Morgan fingerprint density at radius 3 is 2.87 bits per heavy atom. The Morgan fingerprint density at radius 1 is 1.48 bits per heavy atom. The molecule has 0 aromatic heterocycles. The highest BCUT2D eigenvalue weighted by Crippen LogP contribution is 2.26. The molecule has 0 saturated carbocycles. The minimum Gasteiger partial charge on any atom is -0.371 e. The van der Waals surface area contributed by atoms with E-state index in [1.807, 2.05) is 4.90 Å². The van der Waals surface area contributed by atoms with Crippen molar-refractivity contribution in [2.24, 2.45) is 0 Å². The number of morpholine rings is 1. The number of amides is 3. The second kappa shape index (κ2) is 7.72. The van der Waals surface area contributed by atoms with E-state index in [0.29, 0.717) is 19.7 Å². The molecule has 0 radical (unpaired) electrons. The maximum Gasteiger partial charge on any atom is 0.321 e. The van der Waals surface area contributed by atoms with Gasteiger partial charge in [0, 0.05) is 20.1 Å². The van der Waals surface area contributed by atoms with Gasteiger partial charge in [0.25, 0.3) is 0 Å². The van der Waals surface area contributed by atoms with Crippen LogP contribution in [0.1, 0.15) is 18.6 Å². The van der Waals surface area contributed by atoms with Crippen molar-refractivity contribution in [3.63, 3.8) is 0 Å². The Balaban J connectivity index is 2.03. The molecular formula is C15H19ClFN3O3. The van der Waals surface area contributed by atoms with Gasteiger partial charge in [-0.15, -0.1) is 0 Å². The standard InChI is InChI=1S/C15H19ClFN3O3/c1-9(14(21)19-15(22)18-2)20-5-6-23-13(8-20)10-3-4-12(17)11(16)7-10/h3-4,7,9,13H,5-6,8H2,1-2H3,(H2,18,19,21,22)/t9-,13+/m1/s1. The number of urea groups is 1. The topological polar surface area (TPSA) is 70.7 Å². The zero-order valence-corrected chi connectivity index (χ0v) is 13.7. The number of halogens is 2. The third kappa shape index (κ3) is 4.40. The van der Waals surface area contributed by atoms with E-state index >= 15 is 0 Å². The van der Waals surface area contributed by atoms with E-state index in [-0.39, 0.29) is 17.0 Å². The van der Waals surface area contributed by atoms with Crippen LogP contribution in [0, 0.1) is 5.82 Å². The van der Waals surface area contributed by atoms with Crippen molar-refractivity contribution in [1.29, 1.82) is 0 Å². The van der Waals surface area contributed by atoms with Crippen molar-refractivity contribution < 1.29 is 18.7 Å². The van der Waals surface area contributed by atoms with Gasteiger partial charge in [-0.3, -0.25) is 15.0 Å². The van der Waals surface area contributed by atoms with Crippen LogP contribution in [0.25, 0.3) is 0 Å². The number of nitrogens with zero attached hydrogens (tertiary/aromatic N) is 1. The highest BCUT2D eigenvalue weighted by molar-refractivity contribution is 6.30. The summed E-state index contributed by atoms with van der Waals surface area (Å²) in [5.74, 6) is -0.872. The monoisotopic (exact) mass is 343 g/mol. The highest BCUT2D eigenvalue weighted by Gasteiger charge is 2.29. The molecule has 2 N–H and O–H groups in total. The predicted octanol–water partition coefficient (Wildman–Crippen LogP) is 1.70. The Morgan fingerprint density at radius 2 is 2.22 bits per heavy atom. The van der Waals surface area contributed by atoms with E-state index in [0.717, 1.165) is 5.56 Å². The first-order chi connectivity index (χ1) is 10.9. The largest absolute Gasteiger partial charge is 0.371 e. The summed E-state index contributed by atoms with van der Waals surface area (Å²) in [7, 11) is 1.44. The summed E-state index contributed by atoms with van der Waals surface area (Å²) in [6, 6.07) is 3.40. The van der Waals surface area contributed by atoms with E-state index in [1.54, 1.807) is 13.0 Å². The molecule has 3 amide bonds. The molecule has 0 spiro atoms. The fourth-order valence-electron chi connectivity index (χ4n) is 2.38. The molecule has 1 aliphatic heterocycles. The zero-order valence-electron chi connectivity index (χ0n) is 12.9. The Labute approximate surface area is 138 Å². The predicted molar refractivity (Wildman–Crippen MR) is 83.7 cm³/mol. The van der Waals surface area contributed by atoms with Crippen LogP contribution in [0.5, 0.6) is 0 Å². The van der Waals surface area contributed by atoms with Gasteiger partial charge in [-0.2, -0.15) is 0 Å². The van der Waals surface area contributed by atoms with Crippen LogP contribution in [0.4, 0.5) is 9.18 Å². The summed E-state index contributed by atoms with van der Waals surface area (Å²) in [6.07, 6.45) is -0.308. The lowest BCUT2D eigenvalue weighted by atomic mass is 10.1. The van der Waals surface area contributed by atoms with Crippen molar-refractivity contribution in [2.75, 3.05) is 26.7 Å². The molecule has 6 nitrogen and oxygen atoms in total. The molecule has 1 aliphatic rings. The molecule has 0 aliphatic carbocycles. The quantitative estimate of drug-likeness (QED) is 0.876. The number of benzene rings is 1. The summed E-state index contributed by atoms with van der Waals surface area (Å²) >= 11 is 5.80. The van der Waals surface area contributed by atoms with E-state index in [4.69, 9.17) is 16.3 Å². The normalized spacial score (nSPS) is 19.9. The minimum absolute atomic E-state index is 0.0358. The number of rotatable bonds is 3. The van der Waals surface area contributed by atoms with Crippen molar-refractivity contribution in [3.05, 3.63) is 34.6 Å². The van der Waals surface area contributed by atoms with Gasteiger partial charge in [0.2, 0.25) is 5.91 Å². The van der Waals surface area contributed by atoms with Crippen molar-refractivity contribution >= 4 is 23.5 Å². The van der Waals surface area contributed by atoms with Gasteiger partial charge >= 0.3 is 6.03 Å². The van der Waals surface area contributed by atoms with Crippen LogP contribution < -0.4 is 10.6 Å². The molecule has 2 rings (SSSR count). The zero-order chi connectivity index (χ0) is 17.0. The molecule has 2 atom stereocenters. The lowest BCUT2D eigenvalue weighted by Gasteiger charge is -2.36. The molecule has 1 saturated heterocycles. The Hall–Kier alpha value is -1.70. The van der Waals surface area contributed by atoms with Crippen molar-refractivity contribution in [3.8, 4) is 0 Å². The van der Waals surface area contributed by atoms with Crippen molar-refractivity contribution in [1.82, 2.24) is 15.5 Å². The van der Waals surface area contributed by atoms with Crippen molar-refractivity contribution in [2.45, 2.75) is 19.1 Å². The molecule has 1 fully saturated rings. The van der Waals surface area contributed by atoms with Crippen LogP contribution >= 0.6 is 11.6 Å². The highest BCUT2D eigenvalue weighted by atomic mass is 35.5. The summed E-state index contributed by atoms with van der Waals surface area (Å²) in [5.41, 5.74) is 0.750. The number of ether oxygens (including phenoxy) is 1. The van der Waals surface area contributed by atoms with Gasteiger partial charge < -0.3 is 10.1 Å². The van der Waals surface area contributed by atoms with Gasteiger partial charge in [-0.1, -0.05) is 17.7 Å². The van der Waals surface area contributed by atoms with Gasteiger partial charge in [0.05, 0.1) is 23.8 Å².